The lowest BCUT2D eigenvalue weighted by Gasteiger charge is -2.39. The summed E-state index contributed by atoms with van der Waals surface area (Å²) in [5.41, 5.74) is 2.25. The first-order valence-electron chi connectivity index (χ1n) is 5.08. The standard InChI is InChI=1S/C12H14N2/c1-10-4-2-5-11(14-10)12(8-9-13)6-3-7-12/h2,4-5H,3,6-8H2,1H3. The predicted octanol–water partition coefficient (Wildman–Crippen LogP) is 2.73. The quantitative estimate of drug-likeness (QED) is 0.712. The van der Waals surface area contributed by atoms with Crippen LogP contribution in [-0.2, 0) is 5.41 Å². The molecule has 0 N–H and O–H groups in total. The van der Waals surface area contributed by atoms with Crippen LogP contribution in [0.25, 0.3) is 0 Å². The van der Waals surface area contributed by atoms with E-state index in [0.29, 0.717) is 6.42 Å². The number of aryl methyl sites for hydroxylation is 1. The van der Waals surface area contributed by atoms with Gasteiger partial charge in [0, 0.05) is 23.2 Å². The van der Waals surface area contributed by atoms with Crippen molar-refractivity contribution in [1.29, 1.82) is 5.26 Å². The topological polar surface area (TPSA) is 36.7 Å². The molecule has 2 rings (SSSR count). The van der Waals surface area contributed by atoms with Crippen molar-refractivity contribution >= 4 is 0 Å². The molecule has 0 spiro atoms. The highest BCUT2D eigenvalue weighted by Crippen LogP contribution is 2.45. The fourth-order valence-corrected chi connectivity index (χ4v) is 2.12. The minimum Gasteiger partial charge on any atom is -0.258 e. The maximum atomic E-state index is 8.82. The molecule has 0 radical (unpaired) electrons. The van der Waals surface area contributed by atoms with Crippen LogP contribution in [0.15, 0.2) is 18.2 Å². The van der Waals surface area contributed by atoms with Crippen LogP contribution < -0.4 is 0 Å². The van der Waals surface area contributed by atoms with Crippen molar-refractivity contribution in [1.82, 2.24) is 4.98 Å². The molecule has 1 fully saturated rings. The number of rotatable bonds is 2. The Morgan fingerprint density at radius 3 is 2.79 bits per heavy atom. The summed E-state index contributed by atoms with van der Waals surface area (Å²) in [6, 6.07) is 8.39. The highest BCUT2D eigenvalue weighted by molar-refractivity contribution is 5.24. The zero-order valence-corrected chi connectivity index (χ0v) is 8.45. The molecule has 1 aliphatic rings. The van der Waals surface area contributed by atoms with Crippen LogP contribution in [0.1, 0.15) is 37.1 Å². The Labute approximate surface area is 84.6 Å². The molecule has 14 heavy (non-hydrogen) atoms. The SMILES string of the molecule is Cc1cccc(C2(CC#N)CCC2)n1. The number of hydrogen-bond donors (Lipinski definition) is 0. The monoisotopic (exact) mass is 186 g/mol. The molecule has 1 aromatic rings. The first-order valence-corrected chi connectivity index (χ1v) is 5.08. The van der Waals surface area contributed by atoms with Crippen molar-refractivity contribution in [3.63, 3.8) is 0 Å². The molecular formula is C12H14N2. The largest absolute Gasteiger partial charge is 0.258 e. The molecule has 1 saturated carbocycles. The molecule has 1 heterocycles. The van der Waals surface area contributed by atoms with Gasteiger partial charge in [-0.15, -0.1) is 0 Å². The molecule has 2 heteroatoms. The minimum absolute atomic E-state index is 0.0841. The van der Waals surface area contributed by atoms with Crippen molar-refractivity contribution in [2.75, 3.05) is 0 Å². The smallest absolute Gasteiger partial charge is 0.0631 e. The van der Waals surface area contributed by atoms with E-state index in [-0.39, 0.29) is 5.41 Å². The van der Waals surface area contributed by atoms with Crippen LogP contribution in [0.3, 0.4) is 0 Å². The van der Waals surface area contributed by atoms with Crippen molar-refractivity contribution in [2.24, 2.45) is 0 Å². The van der Waals surface area contributed by atoms with Gasteiger partial charge in [-0.25, -0.2) is 0 Å². The van der Waals surface area contributed by atoms with E-state index in [4.69, 9.17) is 5.26 Å². The van der Waals surface area contributed by atoms with Gasteiger partial charge in [0.25, 0.3) is 0 Å². The van der Waals surface area contributed by atoms with E-state index in [2.05, 4.69) is 17.1 Å². The van der Waals surface area contributed by atoms with Crippen molar-refractivity contribution in [3.8, 4) is 6.07 Å². The first kappa shape index (κ1) is 9.21. The Bertz CT molecular complexity index is 372. The van der Waals surface area contributed by atoms with Crippen LogP contribution in [0.4, 0.5) is 0 Å². The van der Waals surface area contributed by atoms with Crippen LogP contribution in [0.2, 0.25) is 0 Å². The van der Waals surface area contributed by atoms with Crippen molar-refractivity contribution in [2.45, 2.75) is 38.0 Å². The van der Waals surface area contributed by atoms with E-state index in [1.54, 1.807) is 0 Å². The molecule has 1 aliphatic carbocycles. The maximum Gasteiger partial charge on any atom is 0.0631 e. The van der Waals surface area contributed by atoms with Gasteiger partial charge in [-0.1, -0.05) is 12.5 Å². The second-order valence-corrected chi connectivity index (χ2v) is 4.13. The summed E-state index contributed by atoms with van der Waals surface area (Å²) >= 11 is 0. The normalized spacial score (nSPS) is 18.3. The molecule has 0 amide bonds. The molecule has 1 aromatic heterocycles. The lowest BCUT2D eigenvalue weighted by molar-refractivity contribution is 0.241. The Balaban J connectivity index is 2.32. The average Bonchev–Trinajstić information content (AvgIpc) is 2.11. The summed E-state index contributed by atoms with van der Waals surface area (Å²) in [6.07, 6.45) is 4.09. The number of hydrogen-bond acceptors (Lipinski definition) is 2. The van der Waals surface area contributed by atoms with Crippen molar-refractivity contribution in [3.05, 3.63) is 29.6 Å². The zero-order chi connectivity index (χ0) is 10.0. The Kier molecular flexibility index (Phi) is 2.25. The summed E-state index contributed by atoms with van der Waals surface area (Å²) in [6.45, 7) is 2.00. The number of aromatic nitrogens is 1. The average molecular weight is 186 g/mol. The highest BCUT2D eigenvalue weighted by atomic mass is 14.7. The molecule has 0 unspecified atom stereocenters. The summed E-state index contributed by atoms with van der Waals surface area (Å²) in [7, 11) is 0. The predicted molar refractivity (Wildman–Crippen MR) is 54.7 cm³/mol. The third-order valence-corrected chi connectivity index (χ3v) is 3.16. The molecular weight excluding hydrogens is 172 g/mol. The maximum absolute atomic E-state index is 8.82. The van der Waals surface area contributed by atoms with E-state index >= 15 is 0 Å². The van der Waals surface area contributed by atoms with Crippen LogP contribution >= 0.6 is 0 Å². The fourth-order valence-electron chi connectivity index (χ4n) is 2.12. The summed E-state index contributed by atoms with van der Waals surface area (Å²) in [5, 5.41) is 8.82. The highest BCUT2D eigenvalue weighted by Gasteiger charge is 2.39. The third kappa shape index (κ3) is 1.39. The molecule has 0 aliphatic heterocycles. The summed E-state index contributed by atoms with van der Waals surface area (Å²) < 4.78 is 0. The molecule has 0 saturated heterocycles. The summed E-state index contributed by atoms with van der Waals surface area (Å²) in [4.78, 5) is 4.53. The first-order chi connectivity index (χ1) is 6.77. The molecule has 0 aromatic carbocycles. The van der Waals surface area contributed by atoms with Crippen LogP contribution in [0.5, 0.6) is 0 Å². The van der Waals surface area contributed by atoms with E-state index in [0.717, 1.165) is 24.2 Å². The molecule has 0 atom stereocenters. The second-order valence-electron chi connectivity index (χ2n) is 4.13. The van der Waals surface area contributed by atoms with E-state index in [1.807, 2.05) is 19.1 Å². The fraction of sp³-hybridized carbons (Fsp3) is 0.500. The van der Waals surface area contributed by atoms with Gasteiger partial charge in [0.1, 0.15) is 0 Å². The second kappa shape index (κ2) is 3.42. The third-order valence-electron chi connectivity index (χ3n) is 3.16. The number of nitrogens with zero attached hydrogens (tertiary/aromatic N) is 2. The number of pyridine rings is 1. The van der Waals surface area contributed by atoms with Crippen LogP contribution in [-0.4, -0.2) is 4.98 Å². The summed E-state index contributed by atoms with van der Waals surface area (Å²) in [5.74, 6) is 0. The van der Waals surface area contributed by atoms with Gasteiger partial charge in [-0.05, 0) is 31.9 Å². The van der Waals surface area contributed by atoms with Crippen LogP contribution in [0, 0.1) is 18.3 Å². The van der Waals surface area contributed by atoms with Gasteiger partial charge < -0.3 is 0 Å². The molecule has 72 valence electrons. The van der Waals surface area contributed by atoms with Gasteiger partial charge in [-0.3, -0.25) is 4.98 Å². The van der Waals surface area contributed by atoms with Gasteiger partial charge in [-0.2, -0.15) is 5.26 Å². The zero-order valence-electron chi connectivity index (χ0n) is 8.45. The molecule has 2 nitrogen and oxygen atoms in total. The van der Waals surface area contributed by atoms with Gasteiger partial charge >= 0.3 is 0 Å². The van der Waals surface area contributed by atoms with E-state index in [1.165, 1.54) is 6.42 Å². The Hall–Kier alpha value is -1.36. The van der Waals surface area contributed by atoms with Gasteiger partial charge in [0.2, 0.25) is 0 Å². The van der Waals surface area contributed by atoms with E-state index < -0.39 is 0 Å². The van der Waals surface area contributed by atoms with Gasteiger partial charge in [0.15, 0.2) is 0 Å². The Morgan fingerprint density at radius 2 is 2.29 bits per heavy atom. The minimum atomic E-state index is 0.0841. The Morgan fingerprint density at radius 1 is 1.50 bits per heavy atom. The lowest BCUT2D eigenvalue weighted by atomic mass is 9.64. The van der Waals surface area contributed by atoms with Crippen molar-refractivity contribution < 1.29 is 0 Å². The van der Waals surface area contributed by atoms with E-state index in [9.17, 15) is 0 Å². The number of nitriles is 1. The molecule has 0 bridgehead atoms. The van der Waals surface area contributed by atoms with Gasteiger partial charge in [0.05, 0.1) is 6.07 Å². The lowest BCUT2D eigenvalue weighted by Crippen LogP contribution is -2.34.